The summed E-state index contributed by atoms with van der Waals surface area (Å²) in [5, 5.41) is 42.4. The second-order valence-corrected chi connectivity index (χ2v) is 6.72. The molecule has 0 aliphatic heterocycles. The third-order valence-electron chi connectivity index (χ3n) is 5.04. The predicted molar refractivity (Wildman–Crippen MR) is 87.8 cm³/mol. The Bertz CT molecular complexity index is 909. The first kappa shape index (κ1) is 19.2. The summed E-state index contributed by atoms with van der Waals surface area (Å²) < 4.78 is 9.73. The lowest BCUT2D eigenvalue weighted by Gasteiger charge is -2.51. The molecular formula is C18H18O9. The standard InChI is InChI=1S/C18H18O9/c1-8(19)27-17(23)7-12-13(18(24,25)16(17,2)22)15(21)11-6-9(26-3)4-5-10(11)14(12)20/h4-6,22-25H,7H2,1-3H3. The van der Waals surface area contributed by atoms with Crippen LogP contribution < -0.4 is 4.74 Å². The third-order valence-corrected chi connectivity index (χ3v) is 5.04. The van der Waals surface area contributed by atoms with Gasteiger partial charge >= 0.3 is 5.97 Å². The highest BCUT2D eigenvalue weighted by molar-refractivity contribution is 6.28. The highest BCUT2D eigenvalue weighted by Crippen LogP contribution is 2.50. The molecule has 2 aliphatic rings. The molecule has 4 N–H and O–H groups in total. The summed E-state index contributed by atoms with van der Waals surface area (Å²) in [5.41, 5.74) is -4.33. The Morgan fingerprint density at radius 3 is 2.26 bits per heavy atom. The van der Waals surface area contributed by atoms with Crippen LogP contribution in [0.5, 0.6) is 5.75 Å². The van der Waals surface area contributed by atoms with Crippen molar-refractivity contribution in [3.05, 3.63) is 40.5 Å². The van der Waals surface area contributed by atoms with Gasteiger partial charge in [0, 0.05) is 30.0 Å². The van der Waals surface area contributed by atoms with E-state index in [9.17, 15) is 34.8 Å². The number of Topliss-reactive ketones (excluding diaryl/α,β-unsaturated/α-hetero) is 2. The van der Waals surface area contributed by atoms with Gasteiger partial charge in [-0.05, 0) is 25.1 Å². The normalized spacial score (nSPS) is 29.1. The number of hydrogen-bond acceptors (Lipinski definition) is 9. The number of carbonyl (C=O) groups excluding carboxylic acids is 3. The lowest BCUT2D eigenvalue weighted by atomic mass is 9.66. The summed E-state index contributed by atoms with van der Waals surface area (Å²) >= 11 is 0. The molecule has 9 nitrogen and oxygen atoms in total. The maximum absolute atomic E-state index is 12.9. The van der Waals surface area contributed by atoms with Crippen molar-refractivity contribution in [1.29, 1.82) is 0 Å². The smallest absolute Gasteiger partial charge is 0.305 e. The molecule has 0 bridgehead atoms. The Morgan fingerprint density at radius 2 is 1.70 bits per heavy atom. The molecular weight excluding hydrogens is 360 g/mol. The van der Waals surface area contributed by atoms with Gasteiger partial charge in [-0.1, -0.05) is 0 Å². The molecule has 0 radical (unpaired) electrons. The van der Waals surface area contributed by atoms with Crippen molar-refractivity contribution in [2.45, 2.75) is 37.4 Å². The lowest BCUT2D eigenvalue weighted by molar-refractivity contribution is -0.364. The van der Waals surface area contributed by atoms with Gasteiger partial charge in [0.2, 0.25) is 11.6 Å². The van der Waals surface area contributed by atoms with Gasteiger partial charge in [0.1, 0.15) is 5.75 Å². The van der Waals surface area contributed by atoms with Gasteiger partial charge in [-0.15, -0.1) is 0 Å². The molecule has 0 saturated heterocycles. The first-order chi connectivity index (χ1) is 12.4. The molecule has 3 rings (SSSR count). The van der Waals surface area contributed by atoms with E-state index in [1.165, 1.54) is 25.3 Å². The summed E-state index contributed by atoms with van der Waals surface area (Å²) in [6.07, 6.45) is -0.798. The average molecular weight is 378 g/mol. The topological polar surface area (TPSA) is 151 Å². The maximum atomic E-state index is 12.9. The van der Waals surface area contributed by atoms with Gasteiger partial charge in [0.25, 0.3) is 0 Å². The van der Waals surface area contributed by atoms with E-state index in [0.717, 1.165) is 13.8 Å². The zero-order valence-corrected chi connectivity index (χ0v) is 14.8. The number of esters is 1. The van der Waals surface area contributed by atoms with Crippen molar-refractivity contribution in [2.24, 2.45) is 0 Å². The number of methoxy groups -OCH3 is 1. The van der Waals surface area contributed by atoms with Crippen LogP contribution in [0.3, 0.4) is 0 Å². The number of aliphatic hydroxyl groups is 4. The highest BCUT2D eigenvalue weighted by atomic mass is 16.7. The SMILES string of the molecule is COc1ccc2c(c1)C(=O)C1=C(CC(O)(OC(C)=O)C(C)(O)C1(O)O)C2=O. The summed E-state index contributed by atoms with van der Waals surface area (Å²) in [4.78, 5) is 37.1. The van der Waals surface area contributed by atoms with E-state index >= 15 is 0 Å². The van der Waals surface area contributed by atoms with E-state index in [0.29, 0.717) is 0 Å². The molecule has 1 aromatic rings. The third kappa shape index (κ3) is 2.43. The molecule has 0 amide bonds. The predicted octanol–water partition coefficient (Wildman–Crippen LogP) is -0.542. The molecule has 2 aliphatic carbocycles. The van der Waals surface area contributed by atoms with Crippen LogP contribution in [0.15, 0.2) is 29.3 Å². The Labute approximate surface area is 153 Å². The molecule has 0 fully saturated rings. The van der Waals surface area contributed by atoms with Crippen LogP contribution >= 0.6 is 0 Å². The zero-order chi connectivity index (χ0) is 20.4. The van der Waals surface area contributed by atoms with Crippen LogP contribution in [0, 0.1) is 0 Å². The molecule has 9 heteroatoms. The van der Waals surface area contributed by atoms with Crippen molar-refractivity contribution >= 4 is 17.5 Å². The number of fused-ring (bicyclic) bond motifs is 1. The quantitative estimate of drug-likeness (QED) is 0.393. The fourth-order valence-electron chi connectivity index (χ4n) is 3.42. The first-order valence-electron chi connectivity index (χ1n) is 7.97. The van der Waals surface area contributed by atoms with E-state index in [1.54, 1.807) is 0 Å². The Morgan fingerprint density at radius 1 is 1.07 bits per heavy atom. The molecule has 27 heavy (non-hydrogen) atoms. The van der Waals surface area contributed by atoms with Crippen molar-refractivity contribution in [1.82, 2.24) is 0 Å². The van der Waals surface area contributed by atoms with Crippen LogP contribution in [0.1, 0.15) is 41.0 Å². The Kier molecular flexibility index (Phi) is 4.05. The molecule has 2 unspecified atom stereocenters. The summed E-state index contributed by atoms with van der Waals surface area (Å²) in [5.74, 6) is -8.68. The van der Waals surface area contributed by atoms with Gasteiger partial charge in [-0.25, -0.2) is 0 Å². The number of ketones is 2. The van der Waals surface area contributed by atoms with E-state index in [4.69, 9.17) is 9.47 Å². The zero-order valence-electron chi connectivity index (χ0n) is 14.8. The van der Waals surface area contributed by atoms with Crippen LogP contribution in [-0.2, 0) is 9.53 Å². The van der Waals surface area contributed by atoms with E-state index < -0.39 is 52.3 Å². The van der Waals surface area contributed by atoms with E-state index in [1.807, 2.05) is 0 Å². The number of rotatable bonds is 2. The summed E-state index contributed by atoms with van der Waals surface area (Å²) in [6, 6.07) is 4.03. The first-order valence-corrected chi connectivity index (χ1v) is 7.97. The second-order valence-electron chi connectivity index (χ2n) is 6.72. The second kappa shape index (κ2) is 5.70. The van der Waals surface area contributed by atoms with Crippen LogP contribution in [0.25, 0.3) is 0 Å². The number of benzene rings is 1. The molecule has 0 heterocycles. The van der Waals surface area contributed by atoms with Crippen LogP contribution in [0.2, 0.25) is 0 Å². The highest BCUT2D eigenvalue weighted by Gasteiger charge is 2.69. The monoisotopic (exact) mass is 378 g/mol. The Balaban J connectivity index is 2.26. The molecule has 1 aromatic carbocycles. The van der Waals surface area contributed by atoms with E-state index in [-0.39, 0.29) is 16.9 Å². The van der Waals surface area contributed by atoms with Crippen LogP contribution in [-0.4, -0.2) is 62.2 Å². The fraction of sp³-hybridized carbons (Fsp3) is 0.389. The van der Waals surface area contributed by atoms with Gasteiger partial charge in [-0.3, -0.25) is 14.4 Å². The molecule has 0 aromatic heterocycles. The van der Waals surface area contributed by atoms with Crippen molar-refractivity contribution in [2.75, 3.05) is 7.11 Å². The van der Waals surface area contributed by atoms with Crippen molar-refractivity contribution in [3.8, 4) is 5.75 Å². The summed E-state index contributed by atoms with van der Waals surface area (Å²) in [7, 11) is 1.36. The molecule has 144 valence electrons. The van der Waals surface area contributed by atoms with Gasteiger partial charge in [-0.2, -0.15) is 0 Å². The molecule has 2 atom stereocenters. The minimum absolute atomic E-state index is 0.0398. The van der Waals surface area contributed by atoms with Crippen LogP contribution in [0.4, 0.5) is 0 Å². The molecule has 0 spiro atoms. The van der Waals surface area contributed by atoms with Gasteiger partial charge in [0.05, 0.1) is 12.7 Å². The maximum Gasteiger partial charge on any atom is 0.305 e. The fourth-order valence-corrected chi connectivity index (χ4v) is 3.42. The number of carbonyl (C=O) groups is 3. The lowest BCUT2D eigenvalue weighted by Crippen LogP contribution is -2.72. The summed E-state index contributed by atoms with van der Waals surface area (Å²) in [6.45, 7) is 1.72. The van der Waals surface area contributed by atoms with E-state index in [2.05, 4.69) is 0 Å². The minimum Gasteiger partial charge on any atom is -0.497 e. The molecule has 0 saturated carbocycles. The van der Waals surface area contributed by atoms with Gasteiger partial charge in [0.15, 0.2) is 17.2 Å². The largest absolute Gasteiger partial charge is 0.497 e. The average Bonchev–Trinajstić information content (AvgIpc) is 2.56. The Hall–Kier alpha value is -2.59. The number of ether oxygens (including phenoxy) is 2. The van der Waals surface area contributed by atoms with Gasteiger partial charge < -0.3 is 29.9 Å². The minimum atomic E-state index is -3.38. The number of hydrogen-bond donors (Lipinski definition) is 4. The van der Waals surface area contributed by atoms with Crippen molar-refractivity contribution in [3.63, 3.8) is 0 Å². The van der Waals surface area contributed by atoms with Crippen molar-refractivity contribution < 1.29 is 44.3 Å².